The van der Waals surface area contributed by atoms with Crippen LogP contribution >= 0.6 is 0 Å². The molecular formula is C20H16N4O2. The Morgan fingerprint density at radius 1 is 1.15 bits per heavy atom. The first-order chi connectivity index (χ1) is 12.6. The highest BCUT2D eigenvalue weighted by Crippen LogP contribution is 2.46. The number of fused-ring (bicyclic) bond motifs is 1. The van der Waals surface area contributed by atoms with Gasteiger partial charge in [0.05, 0.1) is 22.9 Å². The van der Waals surface area contributed by atoms with E-state index in [9.17, 15) is 10.4 Å². The molecule has 0 saturated heterocycles. The minimum Gasteiger partial charge on any atom is -0.508 e. The van der Waals surface area contributed by atoms with Crippen molar-refractivity contribution in [2.75, 3.05) is 0 Å². The third-order valence-electron chi connectivity index (χ3n) is 4.48. The Bertz CT molecular complexity index is 1060. The quantitative estimate of drug-likeness (QED) is 0.744. The van der Waals surface area contributed by atoms with Gasteiger partial charge in [-0.25, -0.2) is 4.68 Å². The second-order valence-electron chi connectivity index (χ2n) is 6.04. The number of para-hydroxylation sites is 2. The number of ether oxygens (including phenoxy) is 1. The Hall–Kier alpha value is -3.72. The van der Waals surface area contributed by atoms with Crippen molar-refractivity contribution < 1.29 is 9.84 Å². The topological polar surface area (TPSA) is 97.1 Å². The summed E-state index contributed by atoms with van der Waals surface area (Å²) in [6, 6.07) is 18.6. The highest BCUT2D eigenvalue weighted by Gasteiger charge is 2.37. The van der Waals surface area contributed by atoms with Crippen LogP contribution in [0.4, 0.5) is 0 Å². The standard InChI is InChI=1S/C20H16N4O2/c1-12-17-18(14-9-5-6-10-16(14)25)15(11-21)19(22)26-20(17)24(23-12)13-7-3-2-4-8-13/h2-10,18,25H,22H2,1H3/t18-/m0/s1. The van der Waals surface area contributed by atoms with Crippen LogP contribution in [-0.4, -0.2) is 14.9 Å². The maximum absolute atomic E-state index is 10.4. The van der Waals surface area contributed by atoms with E-state index in [-0.39, 0.29) is 17.2 Å². The summed E-state index contributed by atoms with van der Waals surface area (Å²) in [6.45, 7) is 1.85. The minimum atomic E-state index is -0.539. The zero-order chi connectivity index (χ0) is 18.3. The summed E-state index contributed by atoms with van der Waals surface area (Å²) in [5.41, 5.74) is 9.15. The molecule has 6 heteroatoms. The van der Waals surface area contributed by atoms with Gasteiger partial charge in [-0.2, -0.15) is 10.4 Å². The monoisotopic (exact) mass is 344 g/mol. The molecule has 0 amide bonds. The van der Waals surface area contributed by atoms with Crippen molar-refractivity contribution >= 4 is 0 Å². The lowest BCUT2D eigenvalue weighted by molar-refractivity contribution is 0.366. The molecule has 2 aromatic carbocycles. The average molecular weight is 344 g/mol. The SMILES string of the molecule is Cc1nn(-c2ccccc2)c2c1[C@@H](c1ccccc1O)C(C#N)=C(N)O2. The first kappa shape index (κ1) is 15.8. The Labute approximate surface area is 150 Å². The summed E-state index contributed by atoms with van der Waals surface area (Å²) in [6.07, 6.45) is 0. The van der Waals surface area contributed by atoms with Crippen molar-refractivity contribution in [1.29, 1.82) is 5.26 Å². The predicted molar refractivity (Wildman–Crippen MR) is 95.7 cm³/mol. The number of nitriles is 1. The summed E-state index contributed by atoms with van der Waals surface area (Å²) in [7, 11) is 0. The fraction of sp³-hybridized carbons (Fsp3) is 0.100. The molecule has 2 heterocycles. The van der Waals surface area contributed by atoms with E-state index in [4.69, 9.17) is 10.5 Å². The second kappa shape index (κ2) is 5.97. The fourth-order valence-corrected chi connectivity index (χ4v) is 3.30. The number of aromatic hydroxyl groups is 1. The molecule has 4 rings (SSSR count). The van der Waals surface area contributed by atoms with Crippen LogP contribution in [0.25, 0.3) is 5.69 Å². The van der Waals surface area contributed by atoms with Gasteiger partial charge >= 0.3 is 0 Å². The lowest BCUT2D eigenvalue weighted by Gasteiger charge is -2.25. The highest BCUT2D eigenvalue weighted by atomic mass is 16.5. The van der Waals surface area contributed by atoms with Gasteiger partial charge in [-0.05, 0) is 25.1 Å². The summed E-state index contributed by atoms with van der Waals surface area (Å²) in [4.78, 5) is 0. The van der Waals surface area contributed by atoms with E-state index < -0.39 is 5.92 Å². The number of aromatic nitrogens is 2. The summed E-state index contributed by atoms with van der Waals surface area (Å²) < 4.78 is 7.45. The van der Waals surface area contributed by atoms with Crippen molar-refractivity contribution in [1.82, 2.24) is 9.78 Å². The molecule has 1 aliphatic rings. The first-order valence-corrected chi connectivity index (χ1v) is 8.12. The number of rotatable bonds is 2. The van der Waals surface area contributed by atoms with Crippen molar-refractivity contribution in [2.45, 2.75) is 12.8 Å². The van der Waals surface area contributed by atoms with Crippen LogP contribution < -0.4 is 10.5 Å². The third kappa shape index (κ3) is 2.30. The molecular weight excluding hydrogens is 328 g/mol. The second-order valence-corrected chi connectivity index (χ2v) is 6.04. The van der Waals surface area contributed by atoms with E-state index in [0.29, 0.717) is 17.1 Å². The molecule has 1 atom stereocenters. The maximum Gasteiger partial charge on any atom is 0.229 e. The van der Waals surface area contributed by atoms with Gasteiger partial charge < -0.3 is 15.6 Å². The van der Waals surface area contributed by atoms with Crippen LogP contribution in [0, 0.1) is 18.3 Å². The van der Waals surface area contributed by atoms with E-state index >= 15 is 0 Å². The van der Waals surface area contributed by atoms with Gasteiger partial charge in [-0.15, -0.1) is 0 Å². The smallest absolute Gasteiger partial charge is 0.229 e. The highest BCUT2D eigenvalue weighted by molar-refractivity contribution is 5.59. The van der Waals surface area contributed by atoms with E-state index in [1.165, 1.54) is 0 Å². The molecule has 1 aromatic heterocycles. The number of hydrogen-bond acceptors (Lipinski definition) is 5. The Morgan fingerprint density at radius 2 is 1.85 bits per heavy atom. The largest absolute Gasteiger partial charge is 0.508 e. The number of phenolic OH excluding ortho intramolecular Hbond substituents is 1. The summed E-state index contributed by atoms with van der Waals surface area (Å²) in [5, 5.41) is 24.6. The molecule has 0 unspecified atom stereocenters. The molecule has 1 aliphatic heterocycles. The number of nitrogens with zero attached hydrogens (tertiary/aromatic N) is 3. The van der Waals surface area contributed by atoms with Crippen LogP contribution in [0.15, 0.2) is 66.1 Å². The number of allylic oxidation sites excluding steroid dienone is 1. The number of phenols is 1. The van der Waals surface area contributed by atoms with Gasteiger partial charge in [0.1, 0.15) is 17.4 Å². The van der Waals surface area contributed by atoms with Gasteiger partial charge in [0, 0.05) is 5.56 Å². The Balaban J connectivity index is 1.99. The first-order valence-electron chi connectivity index (χ1n) is 8.12. The number of nitrogens with two attached hydrogens (primary N) is 1. The van der Waals surface area contributed by atoms with Crippen LogP contribution in [0.1, 0.15) is 22.7 Å². The van der Waals surface area contributed by atoms with Crippen LogP contribution in [0.2, 0.25) is 0 Å². The van der Waals surface area contributed by atoms with Gasteiger partial charge in [-0.1, -0.05) is 36.4 Å². The van der Waals surface area contributed by atoms with E-state index in [1.54, 1.807) is 22.9 Å². The van der Waals surface area contributed by atoms with Crippen molar-refractivity contribution in [3.05, 3.63) is 82.9 Å². The minimum absolute atomic E-state index is 0.0188. The molecule has 3 aromatic rings. The Kier molecular flexibility index (Phi) is 3.63. The van der Waals surface area contributed by atoms with Crippen LogP contribution in [-0.2, 0) is 0 Å². The number of aryl methyl sites for hydroxylation is 1. The van der Waals surface area contributed by atoms with Gasteiger partial charge in [0.25, 0.3) is 0 Å². The summed E-state index contributed by atoms with van der Waals surface area (Å²) >= 11 is 0. The predicted octanol–water partition coefficient (Wildman–Crippen LogP) is 3.10. The van der Waals surface area contributed by atoms with Gasteiger partial charge in [-0.3, -0.25) is 0 Å². The van der Waals surface area contributed by atoms with Crippen LogP contribution in [0.5, 0.6) is 11.6 Å². The van der Waals surface area contributed by atoms with E-state index in [0.717, 1.165) is 11.3 Å². The molecule has 128 valence electrons. The van der Waals surface area contributed by atoms with E-state index in [2.05, 4.69) is 11.2 Å². The molecule has 6 nitrogen and oxygen atoms in total. The molecule has 0 bridgehead atoms. The van der Waals surface area contributed by atoms with Crippen LogP contribution in [0.3, 0.4) is 0 Å². The maximum atomic E-state index is 10.4. The molecule has 0 aliphatic carbocycles. The summed E-state index contributed by atoms with van der Waals surface area (Å²) in [5.74, 6) is 0.0314. The Morgan fingerprint density at radius 3 is 2.54 bits per heavy atom. The third-order valence-corrected chi connectivity index (χ3v) is 4.48. The van der Waals surface area contributed by atoms with Crippen molar-refractivity contribution in [3.8, 4) is 23.4 Å². The average Bonchev–Trinajstić information content (AvgIpc) is 2.98. The van der Waals surface area contributed by atoms with Gasteiger partial charge in [0.2, 0.25) is 11.8 Å². The van der Waals surface area contributed by atoms with Crippen molar-refractivity contribution in [3.63, 3.8) is 0 Å². The molecule has 26 heavy (non-hydrogen) atoms. The molecule has 0 radical (unpaired) electrons. The molecule has 0 fully saturated rings. The lowest BCUT2D eigenvalue weighted by Crippen LogP contribution is -2.22. The van der Waals surface area contributed by atoms with E-state index in [1.807, 2.05) is 43.3 Å². The zero-order valence-electron chi connectivity index (χ0n) is 14.0. The van der Waals surface area contributed by atoms with Crippen molar-refractivity contribution in [2.24, 2.45) is 5.73 Å². The lowest BCUT2D eigenvalue weighted by atomic mass is 9.83. The molecule has 3 N–H and O–H groups in total. The number of benzene rings is 2. The number of hydrogen-bond donors (Lipinski definition) is 2. The normalized spacial score (nSPS) is 15.9. The molecule has 0 spiro atoms. The fourth-order valence-electron chi connectivity index (χ4n) is 3.30. The van der Waals surface area contributed by atoms with Gasteiger partial charge in [0.15, 0.2) is 0 Å². The zero-order valence-corrected chi connectivity index (χ0v) is 14.0. The molecule has 0 saturated carbocycles.